The number of rotatable bonds is 2. The maximum absolute atomic E-state index is 5.69. The Balaban J connectivity index is 2.03. The first-order valence-electron chi connectivity index (χ1n) is 11.2. The van der Waals surface area contributed by atoms with Crippen LogP contribution in [0.3, 0.4) is 0 Å². The van der Waals surface area contributed by atoms with E-state index in [9.17, 15) is 0 Å². The molecular weight excluding hydrogens is 446 g/mol. The summed E-state index contributed by atoms with van der Waals surface area (Å²) in [4.78, 5) is 16.1. The van der Waals surface area contributed by atoms with Crippen molar-refractivity contribution >= 4 is 40.3 Å². The van der Waals surface area contributed by atoms with Crippen LogP contribution in [0.1, 0.15) is 0 Å². The maximum Gasteiger partial charge on any atom is 0.376 e. The van der Waals surface area contributed by atoms with Crippen LogP contribution >= 0.6 is 0 Å². The van der Waals surface area contributed by atoms with Crippen molar-refractivity contribution in [3.05, 3.63) is 139 Å². The van der Waals surface area contributed by atoms with E-state index in [4.69, 9.17) is 35.4 Å². The van der Waals surface area contributed by atoms with E-state index < -0.39 is 0 Å². The molecule has 168 valence electrons. The van der Waals surface area contributed by atoms with E-state index in [0.29, 0.717) is 21.2 Å². The van der Waals surface area contributed by atoms with Crippen LogP contribution < -0.4 is 52.3 Å². The SMILES string of the molecule is [B]OC1=c2\ccccc2=[NH+]C=c2cccc\c2=N/C(O[B])=c2/cccc/c2=[NH+]\C=c2/cccc/c2=N/1. The lowest BCUT2D eigenvalue weighted by Crippen LogP contribution is -2.75. The summed E-state index contributed by atoms with van der Waals surface area (Å²) in [6.07, 6.45) is 3.69. The Labute approximate surface area is 208 Å². The first-order chi connectivity index (χ1) is 17.8. The van der Waals surface area contributed by atoms with Crippen molar-refractivity contribution < 1.29 is 19.3 Å². The second-order valence-corrected chi connectivity index (χ2v) is 7.86. The number of hydrogen-bond donors (Lipinski definition) is 2. The Morgan fingerprint density at radius 2 is 0.889 bits per heavy atom. The molecule has 1 aliphatic rings. The van der Waals surface area contributed by atoms with Crippen LogP contribution in [0.4, 0.5) is 0 Å². The summed E-state index contributed by atoms with van der Waals surface area (Å²) in [6, 6.07) is 30.5. The molecule has 4 radical (unpaired) electrons. The molecule has 0 saturated heterocycles. The average molecular weight is 466 g/mol. The fourth-order valence-corrected chi connectivity index (χ4v) is 3.84. The van der Waals surface area contributed by atoms with E-state index in [1.165, 1.54) is 0 Å². The normalized spacial score (nSPS) is 19.6. The third kappa shape index (κ3) is 4.88. The van der Waals surface area contributed by atoms with Crippen LogP contribution in [0.15, 0.2) is 107 Å². The van der Waals surface area contributed by atoms with Gasteiger partial charge in [-0.05, 0) is 36.4 Å². The molecule has 36 heavy (non-hydrogen) atoms. The van der Waals surface area contributed by atoms with Gasteiger partial charge in [0, 0.05) is 12.1 Å². The quantitative estimate of drug-likeness (QED) is 0.292. The minimum absolute atomic E-state index is 0.268. The summed E-state index contributed by atoms with van der Waals surface area (Å²) >= 11 is 0. The molecule has 4 aromatic rings. The molecule has 4 aromatic carbocycles. The average Bonchev–Trinajstić information content (AvgIpc) is 2.93. The summed E-state index contributed by atoms with van der Waals surface area (Å²) in [5.74, 6) is 0.537. The number of hydrogen-bond acceptors (Lipinski definition) is 4. The highest BCUT2D eigenvalue weighted by atomic mass is 16.4. The predicted molar refractivity (Wildman–Crippen MR) is 135 cm³/mol. The lowest BCUT2D eigenvalue weighted by molar-refractivity contribution is -0.381. The predicted octanol–water partition coefficient (Wildman–Crippen LogP) is -4.75. The lowest BCUT2D eigenvalue weighted by Gasteiger charge is -2.00. The topological polar surface area (TPSA) is 71.1 Å². The largest absolute Gasteiger partial charge is 0.554 e. The van der Waals surface area contributed by atoms with Gasteiger partial charge in [-0.1, -0.05) is 48.5 Å². The van der Waals surface area contributed by atoms with E-state index in [1.54, 1.807) is 0 Å². The molecule has 0 spiro atoms. The van der Waals surface area contributed by atoms with Crippen LogP contribution in [0, 0.1) is 0 Å². The second kappa shape index (κ2) is 10.7. The number of para-hydroxylation sites is 4. The van der Waals surface area contributed by atoms with Gasteiger partial charge in [-0.25, -0.2) is 20.0 Å². The third-order valence-electron chi connectivity index (χ3n) is 5.62. The summed E-state index contributed by atoms with van der Waals surface area (Å²) in [7, 11) is 11.4. The molecule has 1 heterocycles. The molecule has 2 N–H and O–H groups in total. The zero-order chi connectivity index (χ0) is 24.7. The maximum atomic E-state index is 5.69. The van der Waals surface area contributed by atoms with Crippen molar-refractivity contribution in [2.45, 2.75) is 0 Å². The molecule has 0 aromatic heterocycles. The Kier molecular flexibility index (Phi) is 6.85. The molecule has 0 fully saturated rings. The molecule has 8 heteroatoms. The molecule has 0 saturated carbocycles. The van der Waals surface area contributed by atoms with Crippen LogP contribution in [-0.4, -0.2) is 16.1 Å². The highest BCUT2D eigenvalue weighted by Gasteiger charge is 2.04. The lowest BCUT2D eigenvalue weighted by atomic mass is 10.2. The number of nitrogens with one attached hydrogen (secondary N) is 2. The molecule has 5 rings (SSSR count). The Hall–Kier alpha value is -4.71. The van der Waals surface area contributed by atoms with E-state index in [1.807, 2.05) is 109 Å². The minimum atomic E-state index is 0.268. The molecular formula is C28H20B2N4O2+2. The number of benzene rings is 4. The van der Waals surface area contributed by atoms with E-state index >= 15 is 0 Å². The van der Waals surface area contributed by atoms with Crippen molar-refractivity contribution in [3.8, 4) is 0 Å². The zero-order valence-corrected chi connectivity index (χ0v) is 19.3. The monoisotopic (exact) mass is 466 g/mol. The van der Waals surface area contributed by atoms with Gasteiger partial charge in [-0.3, -0.25) is 0 Å². The van der Waals surface area contributed by atoms with Gasteiger partial charge < -0.3 is 9.31 Å². The van der Waals surface area contributed by atoms with Gasteiger partial charge in [0.05, 0.1) is 21.2 Å². The molecule has 6 nitrogen and oxygen atoms in total. The first-order valence-corrected chi connectivity index (χ1v) is 11.2. The van der Waals surface area contributed by atoms with Gasteiger partial charge in [-0.15, -0.1) is 0 Å². The Bertz CT molecular complexity index is 1800. The summed E-state index contributed by atoms with van der Waals surface area (Å²) in [5, 5.41) is 5.89. The van der Waals surface area contributed by atoms with E-state index in [-0.39, 0.29) is 11.8 Å². The number of fused-ring (bicyclic) bond motifs is 4. The molecule has 0 aliphatic carbocycles. The molecule has 1 aliphatic heterocycles. The van der Waals surface area contributed by atoms with Crippen LogP contribution in [0.5, 0.6) is 0 Å². The van der Waals surface area contributed by atoms with Crippen LogP contribution in [0.25, 0.3) is 24.2 Å². The van der Waals surface area contributed by atoms with Crippen molar-refractivity contribution in [3.63, 3.8) is 0 Å². The first kappa shape index (κ1) is 23.1. The Morgan fingerprint density at radius 1 is 0.500 bits per heavy atom. The van der Waals surface area contributed by atoms with E-state index in [0.717, 1.165) is 21.2 Å². The fourth-order valence-electron chi connectivity index (χ4n) is 3.84. The van der Waals surface area contributed by atoms with Gasteiger partial charge in [0.25, 0.3) is 0 Å². The van der Waals surface area contributed by atoms with Crippen LogP contribution in [-0.2, 0) is 9.31 Å². The van der Waals surface area contributed by atoms with Crippen molar-refractivity contribution in [1.29, 1.82) is 0 Å². The smallest absolute Gasteiger partial charge is 0.376 e. The summed E-state index contributed by atoms with van der Waals surface area (Å²) in [6.45, 7) is 0. The fraction of sp³-hybridized carbons (Fsp3) is 0. The van der Waals surface area contributed by atoms with Gasteiger partial charge in [0.15, 0.2) is 12.4 Å². The molecule has 0 bridgehead atoms. The molecule has 0 amide bonds. The van der Waals surface area contributed by atoms with Gasteiger partial charge in [0.1, 0.15) is 10.4 Å². The molecule has 0 unspecified atom stereocenters. The third-order valence-corrected chi connectivity index (χ3v) is 5.62. The minimum Gasteiger partial charge on any atom is -0.554 e. The van der Waals surface area contributed by atoms with Crippen molar-refractivity contribution in [2.24, 2.45) is 9.98 Å². The summed E-state index contributed by atoms with van der Waals surface area (Å²) in [5.41, 5.74) is 0. The van der Waals surface area contributed by atoms with Crippen molar-refractivity contribution in [1.82, 2.24) is 0 Å². The highest BCUT2D eigenvalue weighted by molar-refractivity contribution is 6.00. The highest BCUT2D eigenvalue weighted by Crippen LogP contribution is 1.92. The van der Waals surface area contributed by atoms with Gasteiger partial charge in [-0.2, -0.15) is 0 Å². The Morgan fingerprint density at radius 3 is 1.33 bits per heavy atom. The van der Waals surface area contributed by atoms with Gasteiger partial charge >= 0.3 is 16.1 Å². The molecule has 0 atom stereocenters. The standard InChI is InChI=1S/C28H18B2N4O2/c29-35-27-22-12-4-8-16-26(22)32-18-20-10-2-6-14-24(20)34-28(36-30)21-11-3-7-15-25(21)31-17-19-9-1-5-13-23(19)33-27/h1-18H/p+2/b19-17+,20-18?,27-22-,28-21+,31-17?,31-25+,32-18?,32-26?,33-23-,33-27?,34-24+,34-28?. The summed E-state index contributed by atoms with van der Waals surface area (Å²) < 4.78 is 10.5. The van der Waals surface area contributed by atoms with Gasteiger partial charge in [0.2, 0.25) is 22.5 Å². The zero-order valence-electron chi connectivity index (χ0n) is 19.3. The second-order valence-electron chi connectivity index (χ2n) is 7.86. The number of nitrogens with zero attached hydrogens (tertiary/aromatic N) is 2. The van der Waals surface area contributed by atoms with E-state index in [2.05, 4.69) is 9.98 Å². The van der Waals surface area contributed by atoms with Crippen molar-refractivity contribution in [2.75, 3.05) is 0 Å². The van der Waals surface area contributed by atoms with Crippen LogP contribution in [0.2, 0.25) is 0 Å².